The fourth-order valence-corrected chi connectivity index (χ4v) is 4.83. The second kappa shape index (κ2) is 10.0. The molecule has 0 spiro atoms. The van der Waals surface area contributed by atoms with Crippen LogP contribution in [-0.2, 0) is 9.59 Å². The van der Waals surface area contributed by atoms with Crippen molar-refractivity contribution in [3.05, 3.63) is 81.3 Å². The molecule has 0 aromatic heterocycles. The maximum atomic E-state index is 13.4. The number of para-hydroxylation sites is 2. The van der Waals surface area contributed by atoms with Gasteiger partial charge in [0.05, 0.1) is 49.2 Å². The van der Waals surface area contributed by atoms with Crippen molar-refractivity contribution >= 4 is 46.3 Å². The van der Waals surface area contributed by atoms with Crippen LogP contribution >= 0.6 is 23.2 Å². The third kappa shape index (κ3) is 4.08. The molecular formula is C26H21Cl2NO7. The Bertz CT molecular complexity index is 1390. The number of hydrogen-bond acceptors (Lipinski definition) is 7. The summed E-state index contributed by atoms with van der Waals surface area (Å²) in [5, 5.41) is 22.0. The highest BCUT2D eigenvalue weighted by molar-refractivity contribution is 6.52. The smallest absolute Gasteiger partial charge is 0.300 e. The number of anilines is 1. The summed E-state index contributed by atoms with van der Waals surface area (Å²) in [4.78, 5) is 27.8. The van der Waals surface area contributed by atoms with Crippen molar-refractivity contribution in [2.75, 3.05) is 26.2 Å². The number of aliphatic hydroxyl groups is 1. The molecule has 36 heavy (non-hydrogen) atoms. The number of ether oxygens (including phenoxy) is 3. The Morgan fingerprint density at radius 3 is 2.14 bits per heavy atom. The molecule has 10 heteroatoms. The zero-order chi connectivity index (χ0) is 26.1. The van der Waals surface area contributed by atoms with Crippen molar-refractivity contribution in [2.45, 2.75) is 6.04 Å². The number of phenolic OH excluding ortho intramolecular Hbond substituents is 1. The molecule has 2 N–H and O–H groups in total. The average Bonchev–Trinajstić information content (AvgIpc) is 3.14. The summed E-state index contributed by atoms with van der Waals surface area (Å²) in [7, 11) is 4.20. The van der Waals surface area contributed by atoms with Crippen LogP contribution in [0.15, 0.2) is 60.2 Å². The summed E-state index contributed by atoms with van der Waals surface area (Å²) in [6, 6.07) is 12.9. The van der Waals surface area contributed by atoms with Gasteiger partial charge in [-0.25, -0.2) is 0 Å². The Kier molecular flexibility index (Phi) is 7.01. The van der Waals surface area contributed by atoms with Crippen LogP contribution in [0.2, 0.25) is 10.0 Å². The summed E-state index contributed by atoms with van der Waals surface area (Å²) < 4.78 is 15.8. The molecule has 8 nitrogen and oxygen atoms in total. The minimum atomic E-state index is -1.10. The first kappa shape index (κ1) is 25.2. The molecule has 1 unspecified atom stereocenters. The molecule has 1 aliphatic rings. The molecule has 0 saturated carbocycles. The van der Waals surface area contributed by atoms with Crippen molar-refractivity contribution in [1.29, 1.82) is 0 Å². The molecule has 0 aliphatic carbocycles. The molecular weight excluding hydrogens is 509 g/mol. The van der Waals surface area contributed by atoms with Crippen molar-refractivity contribution in [3.8, 4) is 23.0 Å². The first-order valence-electron chi connectivity index (χ1n) is 10.6. The highest BCUT2D eigenvalue weighted by Crippen LogP contribution is 2.49. The maximum absolute atomic E-state index is 13.4. The minimum Gasteiger partial charge on any atom is -0.507 e. The van der Waals surface area contributed by atoms with E-state index in [-0.39, 0.29) is 44.1 Å². The van der Waals surface area contributed by atoms with Gasteiger partial charge in [0.2, 0.25) is 0 Å². The van der Waals surface area contributed by atoms with E-state index in [1.54, 1.807) is 36.4 Å². The lowest BCUT2D eigenvalue weighted by Crippen LogP contribution is -2.29. The predicted molar refractivity (Wildman–Crippen MR) is 135 cm³/mol. The molecule has 1 amide bonds. The molecule has 3 aromatic rings. The third-order valence-electron chi connectivity index (χ3n) is 5.81. The molecule has 1 saturated heterocycles. The van der Waals surface area contributed by atoms with Gasteiger partial charge in [-0.05, 0) is 35.9 Å². The fraction of sp³-hybridized carbons (Fsp3) is 0.154. The van der Waals surface area contributed by atoms with E-state index in [1.165, 1.54) is 39.5 Å². The topological polar surface area (TPSA) is 106 Å². The van der Waals surface area contributed by atoms with Crippen molar-refractivity contribution in [3.63, 3.8) is 0 Å². The predicted octanol–water partition coefficient (Wildman–Crippen LogP) is 5.35. The number of amides is 1. The number of carbonyl (C=O) groups is 2. The zero-order valence-electron chi connectivity index (χ0n) is 19.4. The van der Waals surface area contributed by atoms with Gasteiger partial charge in [0, 0.05) is 0 Å². The van der Waals surface area contributed by atoms with Crippen LogP contribution in [0.4, 0.5) is 5.69 Å². The van der Waals surface area contributed by atoms with Crippen LogP contribution in [0.5, 0.6) is 23.0 Å². The number of phenols is 1. The highest BCUT2D eigenvalue weighted by Gasteiger charge is 2.48. The van der Waals surface area contributed by atoms with Gasteiger partial charge in [0.25, 0.3) is 11.7 Å². The van der Waals surface area contributed by atoms with Crippen LogP contribution in [0.25, 0.3) is 5.76 Å². The standard InChI is InChI=1S/C26H21Cl2NO7/c1-34-14-10-8-13(9-11-14)21-19(23(32)26(33)29(21)17-6-4-5-7-18(17)30)22(31)15-12-16(27)25(36-3)20(28)24(15)35-2/h4-12,21,30-31H,1-3H3/b22-19+. The van der Waals surface area contributed by atoms with Crippen LogP contribution in [-0.4, -0.2) is 43.2 Å². The van der Waals surface area contributed by atoms with Gasteiger partial charge in [-0.15, -0.1) is 0 Å². The van der Waals surface area contributed by atoms with Crippen LogP contribution in [0.1, 0.15) is 17.2 Å². The number of Topliss-reactive ketones (excluding diaryl/α,β-unsaturated/α-hetero) is 1. The van der Waals surface area contributed by atoms with Gasteiger partial charge in [0.15, 0.2) is 11.5 Å². The first-order valence-corrected chi connectivity index (χ1v) is 11.3. The molecule has 3 aromatic carbocycles. The first-order chi connectivity index (χ1) is 17.2. The molecule has 1 heterocycles. The van der Waals surface area contributed by atoms with Crippen LogP contribution < -0.4 is 19.1 Å². The lowest BCUT2D eigenvalue weighted by molar-refractivity contribution is -0.132. The molecule has 0 bridgehead atoms. The van der Waals surface area contributed by atoms with Gasteiger partial charge in [-0.1, -0.05) is 47.5 Å². The van der Waals surface area contributed by atoms with Crippen molar-refractivity contribution in [1.82, 2.24) is 0 Å². The van der Waals surface area contributed by atoms with Gasteiger partial charge in [-0.2, -0.15) is 0 Å². The molecule has 0 radical (unpaired) electrons. The second-order valence-electron chi connectivity index (χ2n) is 7.72. The van der Waals surface area contributed by atoms with Gasteiger partial charge in [0.1, 0.15) is 22.3 Å². The third-order valence-corrected chi connectivity index (χ3v) is 6.44. The highest BCUT2D eigenvalue weighted by atomic mass is 35.5. The fourth-order valence-electron chi connectivity index (χ4n) is 4.14. The second-order valence-corrected chi connectivity index (χ2v) is 8.50. The van der Waals surface area contributed by atoms with Crippen molar-refractivity contribution < 1.29 is 34.0 Å². The van der Waals surface area contributed by atoms with Crippen LogP contribution in [0.3, 0.4) is 0 Å². The quantitative estimate of drug-likeness (QED) is 0.252. The lowest BCUT2D eigenvalue weighted by Gasteiger charge is -2.26. The van der Waals surface area contributed by atoms with E-state index in [4.69, 9.17) is 37.4 Å². The summed E-state index contributed by atoms with van der Waals surface area (Å²) in [6.07, 6.45) is 0. The molecule has 4 rings (SSSR count). The summed E-state index contributed by atoms with van der Waals surface area (Å²) >= 11 is 12.7. The van der Waals surface area contributed by atoms with E-state index >= 15 is 0 Å². The van der Waals surface area contributed by atoms with Gasteiger partial charge >= 0.3 is 0 Å². The van der Waals surface area contributed by atoms with Crippen LogP contribution in [0, 0.1) is 0 Å². The number of halogens is 2. The Morgan fingerprint density at radius 2 is 1.56 bits per heavy atom. The van der Waals surface area contributed by atoms with Gasteiger partial charge < -0.3 is 24.4 Å². The Balaban J connectivity index is 2.02. The minimum absolute atomic E-state index is 0.00217. The number of aliphatic hydroxyl groups excluding tert-OH is 1. The number of nitrogens with zero attached hydrogens (tertiary/aromatic N) is 1. The van der Waals surface area contributed by atoms with E-state index in [1.807, 2.05) is 0 Å². The molecule has 186 valence electrons. The number of carbonyl (C=O) groups excluding carboxylic acids is 2. The summed E-state index contributed by atoms with van der Waals surface area (Å²) in [5.41, 5.74) is 0.313. The Hall–Kier alpha value is -3.88. The van der Waals surface area contributed by atoms with E-state index in [0.717, 1.165) is 4.90 Å². The Labute approximate surface area is 216 Å². The van der Waals surface area contributed by atoms with E-state index in [2.05, 4.69) is 0 Å². The van der Waals surface area contributed by atoms with E-state index < -0.39 is 23.5 Å². The maximum Gasteiger partial charge on any atom is 0.300 e. The largest absolute Gasteiger partial charge is 0.507 e. The van der Waals surface area contributed by atoms with E-state index in [9.17, 15) is 19.8 Å². The molecule has 1 aliphatic heterocycles. The molecule has 1 atom stereocenters. The average molecular weight is 530 g/mol. The Morgan fingerprint density at radius 1 is 0.917 bits per heavy atom. The van der Waals surface area contributed by atoms with Crippen molar-refractivity contribution in [2.24, 2.45) is 0 Å². The monoisotopic (exact) mass is 529 g/mol. The number of rotatable bonds is 6. The number of hydrogen-bond donors (Lipinski definition) is 2. The number of benzene rings is 3. The molecule has 1 fully saturated rings. The number of methoxy groups -OCH3 is 3. The number of ketones is 1. The number of aromatic hydroxyl groups is 1. The zero-order valence-corrected chi connectivity index (χ0v) is 20.9. The van der Waals surface area contributed by atoms with Gasteiger partial charge in [-0.3, -0.25) is 14.5 Å². The normalized spacial score (nSPS) is 16.8. The lowest BCUT2D eigenvalue weighted by atomic mass is 9.94. The SMILES string of the molecule is COc1ccc(C2/C(=C(\O)c3cc(Cl)c(OC)c(Cl)c3OC)C(=O)C(=O)N2c2ccccc2O)cc1. The summed E-state index contributed by atoms with van der Waals surface area (Å²) in [6.45, 7) is 0. The van der Waals surface area contributed by atoms with E-state index in [0.29, 0.717) is 11.3 Å². The summed E-state index contributed by atoms with van der Waals surface area (Å²) in [5.74, 6) is -2.02.